The summed E-state index contributed by atoms with van der Waals surface area (Å²) in [5.41, 5.74) is 4.96. The van der Waals surface area contributed by atoms with Crippen LogP contribution in [0, 0.1) is 5.82 Å². The normalized spacial score (nSPS) is 12.1. The fourth-order valence-corrected chi connectivity index (χ4v) is 3.36. The van der Waals surface area contributed by atoms with Gasteiger partial charge < -0.3 is 4.90 Å². The van der Waals surface area contributed by atoms with Gasteiger partial charge in [-0.25, -0.2) is 9.37 Å². The lowest BCUT2D eigenvalue weighted by molar-refractivity contribution is 0.628. The van der Waals surface area contributed by atoms with Crippen LogP contribution in [0.5, 0.6) is 0 Å². The summed E-state index contributed by atoms with van der Waals surface area (Å²) in [5.74, 6) is -0.243. The molecule has 0 saturated heterocycles. The first-order chi connectivity index (χ1) is 13.1. The summed E-state index contributed by atoms with van der Waals surface area (Å²) in [6.07, 6.45) is 0. The summed E-state index contributed by atoms with van der Waals surface area (Å²) in [6.45, 7) is 2.18. The highest BCUT2D eigenvalue weighted by atomic mass is 19.1. The Kier molecular flexibility index (Phi) is 4.59. The Morgan fingerprint density at radius 3 is 2.26 bits per heavy atom. The molecule has 4 rings (SSSR count). The van der Waals surface area contributed by atoms with E-state index in [4.69, 9.17) is 4.98 Å². The topological polar surface area (TPSA) is 16.1 Å². The number of halogens is 1. The zero-order chi connectivity index (χ0) is 18.8. The van der Waals surface area contributed by atoms with Crippen LogP contribution in [0.25, 0.3) is 22.2 Å². The number of hydrogen-bond donors (Lipinski definition) is 0. The van der Waals surface area contributed by atoms with E-state index in [0.29, 0.717) is 0 Å². The van der Waals surface area contributed by atoms with E-state index in [0.717, 1.165) is 27.8 Å². The monoisotopic (exact) mass is 356 g/mol. The molecule has 134 valence electrons. The Morgan fingerprint density at radius 1 is 0.852 bits per heavy atom. The maximum absolute atomic E-state index is 13.4. The number of fused-ring (bicyclic) bond motifs is 1. The number of nitrogens with zero attached hydrogens (tertiary/aromatic N) is 2. The lowest BCUT2D eigenvalue weighted by Crippen LogP contribution is -2.22. The van der Waals surface area contributed by atoms with Crippen LogP contribution >= 0.6 is 0 Å². The maximum Gasteiger partial charge on any atom is 0.123 e. The van der Waals surface area contributed by atoms with Gasteiger partial charge in [0, 0.05) is 18.0 Å². The molecule has 4 aromatic rings. The third kappa shape index (κ3) is 3.41. The second-order valence-corrected chi connectivity index (χ2v) is 6.75. The second kappa shape index (κ2) is 7.20. The van der Waals surface area contributed by atoms with Gasteiger partial charge in [0.2, 0.25) is 0 Å². The molecule has 2 nitrogen and oxygen atoms in total. The van der Waals surface area contributed by atoms with Crippen LogP contribution in [0.3, 0.4) is 0 Å². The van der Waals surface area contributed by atoms with Gasteiger partial charge in [0.15, 0.2) is 0 Å². The van der Waals surface area contributed by atoms with Gasteiger partial charge in [-0.1, -0.05) is 48.5 Å². The molecule has 0 N–H and O–H groups in total. The molecule has 0 bridgehead atoms. The number of pyridine rings is 1. The number of benzene rings is 3. The first-order valence-corrected chi connectivity index (χ1v) is 9.07. The minimum absolute atomic E-state index is 0.174. The quantitative estimate of drug-likeness (QED) is 0.430. The molecule has 1 atom stereocenters. The molecule has 27 heavy (non-hydrogen) atoms. The minimum atomic E-state index is -0.243. The van der Waals surface area contributed by atoms with E-state index in [2.05, 4.69) is 55.3 Å². The molecule has 0 radical (unpaired) electrons. The SMILES string of the molecule is C[C@@H](c1ccccc1)N(C)c1cc2ccccc2nc1-c1ccc(F)cc1. The van der Waals surface area contributed by atoms with Gasteiger partial charge in [-0.3, -0.25) is 0 Å². The molecule has 1 heterocycles. The number of aromatic nitrogens is 1. The van der Waals surface area contributed by atoms with Gasteiger partial charge in [-0.15, -0.1) is 0 Å². The van der Waals surface area contributed by atoms with Crippen molar-refractivity contribution >= 4 is 16.6 Å². The molecule has 0 unspecified atom stereocenters. The van der Waals surface area contributed by atoms with Gasteiger partial charge in [0.25, 0.3) is 0 Å². The summed E-state index contributed by atoms with van der Waals surface area (Å²) in [7, 11) is 2.08. The van der Waals surface area contributed by atoms with Crippen molar-refractivity contribution in [3.63, 3.8) is 0 Å². The van der Waals surface area contributed by atoms with Crippen molar-refractivity contribution in [3.05, 3.63) is 96.3 Å². The standard InChI is InChI=1S/C24H21FN2/c1-17(18-8-4-3-5-9-18)27(2)23-16-20-10-6-7-11-22(20)26-24(23)19-12-14-21(25)15-13-19/h3-17H,1-2H3/t17-/m0/s1. The summed E-state index contributed by atoms with van der Waals surface area (Å²) in [6, 6.07) is 27.4. The van der Waals surface area contributed by atoms with E-state index < -0.39 is 0 Å². The zero-order valence-corrected chi connectivity index (χ0v) is 15.4. The van der Waals surface area contributed by atoms with Crippen molar-refractivity contribution in [2.75, 3.05) is 11.9 Å². The van der Waals surface area contributed by atoms with E-state index in [1.807, 2.05) is 24.3 Å². The number of para-hydroxylation sites is 1. The Balaban J connectivity index is 1.87. The molecule has 3 aromatic carbocycles. The molecule has 0 fully saturated rings. The lowest BCUT2D eigenvalue weighted by Gasteiger charge is -2.29. The fourth-order valence-electron chi connectivity index (χ4n) is 3.36. The zero-order valence-electron chi connectivity index (χ0n) is 15.4. The van der Waals surface area contributed by atoms with Crippen LogP contribution in [0.2, 0.25) is 0 Å². The van der Waals surface area contributed by atoms with E-state index in [1.165, 1.54) is 17.7 Å². The van der Waals surface area contributed by atoms with Gasteiger partial charge in [-0.2, -0.15) is 0 Å². The van der Waals surface area contributed by atoms with E-state index in [-0.39, 0.29) is 11.9 Å². The largest absolute Gasteiger partial charge is 0.366 e. The molecule has 0 saturated carbocycles. The highest BCUT2D eigenvalue weighted by Gasteiger charge is 2.18. The molecule has 0 amide bonds. The van der Waals surface area contributed by atoms with E-state index >= 15 is 0 Å². The molecular weight excluding hydrogens is 335 g/mol. The number of anilines is 1. The molecule has 0 aliphatic carbocycles. The van der Waals surface area contributed by atoms with Gasteiger partial charge in [0.05, 0.1) is 22.9 Å². The first-order valence-electron chi connectivity index (χ1n) is 9.07. The first kappa shape index (κ1) is 17.2. The van der Waals surface area contributed by atoms with Crippen molar-refractivity contribution < 1.29 is 4.39 Å². The average molecular weight is 356 g/mol. The highest BCUT2D eigenvalue weighted by Crippen LogP contribution is 2.35. The van der Waals surface area contributed by atoms with Gasteiger partial charge >= 0.3 is 0 Å². The smallest absolute Gasteiger partial charge is 0.123 e. The average Bonchev–Trinajstić information content (AvgIpc) is 2.73. The summed E-state index contributed by atoms with van der Waals surface area (Å²) >= 11 is 0. The highest BCUT2D eigenvalue weighted by molar-refractivity contribution is 5.89. The fraction of sp³-hybridized carbons (Fsp3) is 0.125. The van der Waals surface area contributed by atoms with Crippen molar-refractivity contribution in [1.29, 1.82) is 0 Å². The van der Waals surface area contributed by atoms with Crippen LogP contribution < -0.4 is 4.90 Å². The summed E-state index contributed by atoms with van der Waals surface area (Å²) < 4.78 is 13.4. The summed E-state index contributed by atoms with van der Waals surface area (Å²) in [5, 5.41) is 1.09. The maximum atomic E-state index is 13.4. The van der Waals surface area contributed by atoms with Crippen LogP contribution in [0.15, 0.2) is 84.9 Å². The Hall–Kier alpha value is -3.20. The molecule has 1 aromatic heterocycles. The van der Waals surface area contributed by atoms with Crippen molar-refractivity contribution in [3.8, 4) is 11.3 Å². The predicted molar refractivity (Wildman–Crippen MR) is 110 cm³/mol. The van der Waals surface area contributed by atoms with Crippen molar-refractivity contribution in [2.45, 2.75) is 13.0 Å². The Bertz CT molecular complexity index is 1060. The van der Waals surface area contributed by atoms with Crippen LogP contribution in [-0.4, -0.2) is 12.0 Å². The van der Waals surface area contributed by atoms with Crippen LogP contribution in [0.4, 0.5) is 10.1 Å². The molecule has 0 aliphatic rings. The van der Waals surface area contributed by atoms with E-state index in [1.54, 1.807) is 12.1 Å². The molecular formula is C24H21FN2. The van der Waals surface area contributed by atoms with Crippen molar-refractivity contribution in [1.82, 2.24) is 4.98 Å². The Labute approximate surface area is 158 Å². The number of hydrogen-bond acceptors (Lipinski definition) is 2. The van der Waals surface area contributed by atoms with E-state index in [9.17, 15) is 4.39 Å². The number of rotatable bonds is 4. The second-order valence-electron chi connectivity index (χ2n) is 6.75. The van der Waals surface area contributed by atoms with Gasteiger partial charge in [0.1, 0.15) is 5.82 Å². The predicted octanol–water partition coefficient (Wildman–Crippen LogP) is 6.24. The minimum Gasteiger partial charge on any atom is -0.366 e. The van der Waals surface area contributed by atoms with Gasteiger partial charge in [-0.05, 0) is 48.9 Å². The molecule has 0 spiro atoms. The summed E-state index contributed by atoms with van der Waals surface area (Å²) in [4.78, 5) is 7.14. The molecule has 0 aliphatic heterocycles. The lowest BCUT2D eigenvalue weighted by atomic mass is 10.0. The third-order valence-electron chi connectivity index (χ3n) is 5.06. The van der Waals surface area contributed by atoms with Crippen molar-refractivity contribution in [2.24, 2.45) is 0 Å². The van der Waals surface area contributed by atoms with Crippen LogP contribution in [0.1, 0.15) is 18.5 Å². The molecule has 3 heteroatoms. The Morgan fingerprint density at radius 2 is 1.52 bits per heavy atom. The van der Waals surface area contributed by atoms with Crippen LogP contribution in [-0.2, 0) is 0 Å². The third-order valence-corrected chi connectivity index (χ3v) is 5.06.